The first-order chi connectivity index (χ1) is 16.4. The maximum Gasteiger partial charge on any atom is 0.344 e. The van der Waals surface area contributed by atoms with Gasteiger partial charge in [-0.15, -0.1) is 0 Å². The number of aromatic nitrogens is 2. The van der Waals surface area contributed by atoms with Crippen LogP contribution in [-0.4, -0.2) is 45.6 Å². The zero-order chi connectivity index (χ0) is 23.7. The monoisotopic (exact) mass is 478 g/mol. The zero-order valence-electron chi connectivity index (χ0n) is 19.0. The molecule has 2 fully saturated rings. The van der Waals surface area contributed by atoms with E-state index in [-0.39, 0.29) is 11.8 Å². The molecule has 1 saturated heterocycles. The van der Waals surface area contributed by atoms with Gasteiger partial charge in [0.2, 0.25) is 0 Å². The van der Waals surface area contributed by atoms with Crippen LogP contribution in [0.4, 0.5) is 4.79 Å². The lowest BCUT2D eigenvalue weighted by molar-refractivity contribution is 0.101. The van der Waals surface area contributed by atoms with Gasteiger partial charge < -0.3 is 15.0 Å². The number of rotatable bonds is 6. The van der Waals surface area contributed by atoms with Crippen LogP contribution in [0.5, 0.6) is 11.5 Å². The Balaban J connectivity index is 1.08. The van der Waals surface area contributed by atoms with Crippen LogP contribution in [0.15, 0.2) is 60.8 Å². The van der Waals surface area contributed by atoms with Gasteiger partial charge in [0.1, 0.15) is 17.2 Å². The van der Waals surface area contributed by atoms with E-state index in [0.29, 0.717) is 28.6 Å². The minimum atomic E-state index is -0.146. The fourth-order valence-corrected chi connectivity index (χ4v) is 5.09. The van der Waals surface area contributed by atoms with Gasteiger partial charge in [-0.1, -0.05) is 23.7 Å². The molecule has 0 radical (unpaired) electrons. The van der Waals surface area contributed by atoms with Crippen LogP contribution in [0, 0.1) is 11.8 Å². The molecule has 0 spiro atoms. The number of hydrogen-bond donors (Lipinski definition) is 1. The second-order valence-electron chi connectivity index (χ2n) is 9.16. The summed E-state index contributed by atoms with van der Waals surface area (Å²) in [7, 11) is 0. The van der Waals surface area contributed by atoms with Crippen LogP contribution < -0.4 is 10.1 Å². The van der Waals surface area contributed by atoms with E-state index >= 15 is 0 Å². The van der Waals surface area contributed by atoms with E-state index in [9.17, 15) is 9.59 Å². The number of benzene rings is 2. The maximum absolute atomic E-state index is 12.7. The number of fused-ring (bicyclic) bond motifs is 1. The van der Waals surface area contributed by atoms with Crippen molar-refractivity contribution in [1.82, 2.24) is 20.0 Å². The third kappa shape index (κ3) is 5.00. The topological polar surface area (TPSA) is 76.5 Å². The number of amides is 1. The van der Waals surface area contributed by atoms with E-state index in [1.54, 1.807) is 12.3 Å². The SMILES string of the molecule is CC(=O)c1ccn(C(=O)N2C[C@H]3C[C@H](NCc4ccc(Oc5ccc(Cl)cc5)cc4)C[C@H]3C2)n1. The van der Waals surface area contributed by atoms with Gasteiger partial charge in [0.15, 0.2) is 5.78 Å². The predicted molar refractivity (Wildman–Crippen MR) is 129 cm³/mol. The van der Waals surface area contributed by atoms with Gasteiger partial charge in [0.25, 0.3) is 0 Å². The molecule has 0 unspecified atom stereocenters. The number of Topliss-reactive ketones (excluding diaryl/α,β-unsaturated/α-hetero) is 1. The summed E-state index contributed by atoms with van der Waals surface area (Å²) in [6, 6.07) is 17.3. The van der Waals surface area contributed by atoms with Gasteiger partial charge in [-0.3, -0.25) is 4.79 Å². The average molecular weight is 479 g/mol. The van der Waals surface area contributed by atoms with Gasteiger partial charge in [-0.25, -0.2) is 4.79 Å². The van der Waals surface area contributed by atoms with Gasteiger partial charge in [-0.05, 0) is 72.7 Å². The van der Waals surface area contributed by atoms with Crippen molar-refractivity contribution in [1.29, 1.82) is 0 Å². The number of carbonyl (C=O) groups is 2. The normalized spacial score (nSPS) is 21.5. The Kier molecular flexibility index (Phi) is 6.39. The summed E-state index contributed by atoms with van der Waals surface area (Å²) in [6.07, 6.45) is 3.69. The Labute approximate surface area is 203 Å². The summed E-state index contributed by atoms with van der Waals surface area (Å²) in [5.41, 5.74) is 1.53. The Morgan fingerprint density at radius 3 is 2.21 bits per heavy atom. The van der Waals surface area contributed by atoms with E-state index in [1.165, 1.54) is 17.2 Å². The highest BCUT2D eigenvalue weighted by molar-refractivity contribution is 6.30. The van der Waals surface area contributed by atoms with Crippen LogP contribution in [0.25, 0.3) is 0 Å². The lowest BCUT2D eigenvalue weighted by Gasteiger charge is -2.19. The summed E-state index contributed by atoms with van der Waals surface area (Å²) in [5.74, 6) is 2.41. The highest BCUT2D eigenvalue weighted by Gasteiger charge is 2.42. The quantitative estimate of drug-likeness (QED) is 0.504. The second-order valence-corrected chi connectivity index (χ2v) is 9.60. The van der Waals surface area contributed by atoms with Crippen molar-refractivity contribution < 1.29 is 14.3 Å². The second kappa shape index (κ2) is 9.60. The molecule has 1 saturated carbocycles. The molecular formula is C26H27ClN4O3. The molecule has 2 aliphatic rings. The van der Waals surface area contributed by atoms with E-state index in [1.807, 2.05) is 41.3 Å². The largest absolute Gasteiger partial charge is 0.457 e. The number of ether oxygens (including phenoxy) is 1. The first-order valence-electron chi connectivity index (χ1n) is 11.6. The molecule has 2 aromatic carbocycles. The van der Waals surface area contributed by atoms with Gasteiger partial charge >= 0.3 is 6.03 Å². The summed E-state index contributed by atoms with van der Waals surface area (Å²) in [5, 5.41) is 8.47. The van der Waals surface area contributed by atoms with Crippen molar-refractivity contribution in [2.24, 2.45) is 11.8 Å². The highest BCUT2D eigenvalue weighted by atomic mass is 35.5. The smallest absolute Gasteiger partial charge is 0.344 e. The molecule has 3 atom stereocenters. The number of hydrogen-bond acceptors (Lipinski definition) is 5. The lowest BCUT2D eigenvalue weighted by atomic mass is 10.0. The van der Waals surface area contributed by atoms with E-state index in [0.717, 1.165) is 44.0 Å². The summed E-state index contributed by atoms with van der Waals surface area (Å²) < 4.78 is 7.14. The number of halogens is 1. The molecular weight excluding hydrogens is 452 g/mol. The van der Waals surface area contributed by atoms with E-state index in [2.05, 4.69) is 22.5 Å². The average Bonchev–Trinajstić information content (AvgIpc) is 3.55. The third-order valence-corrected chi connectivity index (χ3v) is 6.99. The first-order valence-corrected chi connectivity index (χ1v) is 11.9. The Morgan fingerprint density at radius 1 is 1.00 bits per heavy atom. The summed E-state index contributed by atoms with van der Waals surface area (Å²) in [6.45, 7) is 3.74. The minimum Gasteiger partial charge on any atom is -0.457 e. The first kappa shape index (κ1) is 22.6. The van der Waals surface area contributed by atoms with Crippen LogP contribution >= 0.6 is 11.6 Å². The highest BCUT2D eigenvalue weighted by Crippen LogP contribution is 2.38. The van der Waals surface area contributed by atoms with Crippen molar-refractivity contribution >= 4 is 23.4 Å². The van der Waals surface area contributed by atoms with E-state index < -0.39 is 0 Å². The number of likely N-dealkylation sites (tertiary alicyclic amines) is 1. The molecule has 2 heterocycles. The van der Waals surface area contributed by atoms with Crippen molar-refractivity contribution in [3.05, 3.63) is 77.1 Å². The van der Waals surface area contributed by atoms with E-state index in [4.69, 9.17) is 16.3 Å². The lowest BCUT2D eigenvalue weighted by Crippen LogP contribution is -2.35. The molecule has 1 aliphatic carbocycles. The molecule has 7 nitrogen and oxygen atoms in total. The molecule has 176 valence electrons. The zero-order valence-corrected chi connectivity index (χ0v) is 19.7. The van der Waals surface area contributed by atoms with Crippen molar-refractivity contribution in [2.75, 3.05) is 13.1 Å². The number of nitrogens with one attached hydrogen (secondary N) is 1. The maximum atomic E-state index is 12.7. The summed E-state index contributed by atoms with van der Waals surface area (Å²) in [4.78, 5) is 26.1. The molecule has 5 rings (SSSR count). The Hall–Kier alpha value is -3.16. The molecule has 1 N–H and O–H groups in total. The van der Waals surface area contributed by atoms with Gasteiger partial charge in [-0.2, -0.15) is 9.78 Å². The summed E-state index contributed by atoms with van der Waals surface area (Å²) >= 11 is 5.92. The Morgan fingerprint density at radius 2 is 1.62 bits per heavy atom. The van der Waals surface area contributed by atoms with Crippen molar-refractivity contribution in [3.63, 3.8) is 0 Å². The molecule has 1 amide bonds. The van der Waals surface area contributed by atoms with Gasteiger partial charge in [0, 0.05) is 43.8 Å². The third-order valence-electron chi connectivity index (χ3n) is 6.73. The van der Waals surface area contributed by atoms with Crippen molar-refractivity contribution in [2.45, 2.75) is 32.4 Å². The number of carbonyl (C=O) groups excluding carboxylic acids is 2. The molecule has 1 aromatic heterocycles. The number of ketones is 1. The molecule has 34 heavy (non-hydrogen) atoms. The van der Waals surface area contributed by atoms with Crippen LogP contribution in [0.3, 0.4) is 0 Å². The molecule has 3 aromatic rings. The molecule has 1 aliphatic heterocycles. The standard InChI is InChI=1S/C26H27ClN4O3/c1-17(32)25-10-11-31(29-25)26(33)30-15-19-12-22(13-20(19)16-30)28-14-18-2-6-23(7-3-18)34-24-8-4-21(27)5-9-24/h2-11,19-20,22,28H,12-16H2,1H3/t19-,20+,22+. The predicted octanol–water partition coefficient (Wildman–Crippen LogP) is 5.00. The fourth-order valence-electron chi connectivity index (χ4n) is 4.96. The fraction of sp³-hybridized carbons (Fsp3) is 0.346. The van der Waals surface area contributed by atoms with Crippen LogP contribution in [-0.2, 0) is 6.54 Å². The van der Waals surface area contributed by atoms with Crippen molar-refractivity contribution in [3.8, 4) is 11.5 Å². The van der Waals surface area contributed by atoms with Gasteiger partial charge in [0.05, 0.1) is 0 Å². The molecule has 8 heteroatoms. The molecule has 0 bridgehead atoms. The van der Waals surface area contributed by atoms with Crippen LogP contribution in [0.1, 0.15) is 35.8 Å². The minimum absolute atomic E-state index is 0.137. The Bertz CT molecular complexity index is 1160. The van der Waals surface area contributed by atoms with Crippen LogP contribution in [0.2, 0.25) is 5.02 Å². The number of nitrogens with zero attached hydrogens (tertiary/aromatic N) is 3.